The van der Waals surface area contributed by atoms with Crippen LogP contribution in [0.3, 0.4) is 0 Å². The van der Waals surface area contributed by atoms with Crippen LogP contribution in [-0.2, 0) is 11.2 Å². The molecule has 0 bridgehead atoms. The third-order valence-electron chi connectivity index (χ3n) is 3.94. The van der Waals surface area contributed by atoms with Crippen LogP contribution in [0, 0.1) is 16.0 Å². The molecule has 1 saturated carbocycles. The van der Waals surface area contributed by atoms with Crippen LogP contribution >= 0.6 is 0 Å². The van der Waals surface area contributed by atoms with E-state index in [1.54, 1.807) is 12.1 Å². The molecule has 1 aromatic carbocycles. The average molecular weight is 279 g/mol. The van der Waals surface area contributed by atoms with E-state index in [0.29, 0.717) is 18.6 Å². The Hall–Kier alpha value is -1.46. The average Bonchev–Trinajstić information content (AvgIpc) is 2.48. The fraction of sp³-hybridized carbons (Fsp3) is 0.600. The van der Waals surface area contributed by atoms with Crippen LogP contribution in [-0.4, -0.2) is 29.3 Å². The lowest BCUT2D eigenvalue weighted by Gasteiger charge is -2.27. The molecule has 1 aliphatic rings. The lowest BCUT2D eigenvalue weighted by molar-refractivity contribution is -0.384. The van der Waals surface area contributed by atoms with Crippen molar-refractivity contribution in [2.75, 3.05) is 13.2 Å². The minimum atomic E-state index is -0.389. The minimum absolute atomic E-state index is 0.122. The van der Waals surface area contributed by atoms with Gasteiger partial charge >= 0.3 is 0 Å². The Morgan fingerprint density at radius 1 is 1.20 bits per heavy atom. The van der Waals surface area contributed by atoms with E-state index >= 15 is 0 Å². The van der Waals surface area contributed by atoms with Crippen molar-refractivity contribution in [3.8, 4) is 0 Å². The topological polar surface area (TPSA) is 72.6 Å². The first-order chi connectivity index (χ1) is 9.69. The predicted octanol–water partition coefficient (Wildman–Crippen LogP) is 2.71. The zero-order valence-corrected chi connectivity index (χ0v) is 11.5. The molecule has 0 atom stereocenters. The summed E-state index contributed by atoms with van der Waals surface area (Å²) < 4.78 is 5.84. The van der Waals surface area contributed by atoms with Crippen molar-refractivity contribution in [1.82, 2.24) is 0 Å². The summed E-state index contributed by atoms with van der Waals surface area (Å²) in [5.41, 5.74) is 1.18. The van der Waals surface area contributed by atoms with Crippen molar-refractivity contribution in [2.24, 2.45) is 5.92 Å². The fourth-order valence-electron chi connectivity index (χ4n) is 2.61. The van der Waals surface area contributed by atoms with Crippen molar-refractivity contribution in [1.29, 1.82) is 0 Å². The van der Waals surface area contributed by atoms with Crippen LogP contribution < -0.4 is 0 Å². The summed E-state index contributed by atoms with van der Waals surface area (Å²) in [6.45, 7) is 0.932. The Labute approximate surface area is 118 Å². The summed E-state index contributed by atoms with van der Waals surface area (Å²) in [6.07, 6.45) is 5.20. The first-order valence-electron chi connectivity index (χ1n) is 7.15. The Kier molecular flexibility index (Phi) is 5.49. The van der Waals surface area contributed by atoms with E-state index in [9.17, 15) is 10.1 Å². The molecule has 1 fully saturated rings. The van der Waals surface area contributed by atoms with Gasteiger partial charge in [-0.2, -0.15) is 0 Å². The molecule has 0 spiro atoms. The smallest absolute Gasteiger partial charge is 0.269 e. The summed E-state index contributed by atoms with van der Waals surface area (Å²) in [6, 6.07) is 6.62. The predicted molar refractivity (Wildman–Crippen MR) is 75.6 cm³/mol. The molecule has 0 saturated heterocycles. The maximum absolute atomic E-state index is 10.5. The zero-order valence-electron chi connectivity index (χ0n) is 11.5. The lowest BCUT2D eigenvalue weighted by atomic mass is 9.88. The molecular weight excluding hydrogens is 258 g/mol. The van der Waals surface area contributed by atoms with Gasteiger partial charge in [0.05, 0.1) is 17.6 Å². The van der Waals surface area contributed by atoms with Gasteiger partial charge in [-0.25, -0.2) is 0 Å². The summed E-state index contributed by atoms with van der Waals surface area (Å²) in [5, 5.41) is 19.6. The van der Waals surface area contributed by atoms with Gasteiger partial charge in [-0.15, -0.1) is 0 Å². The van der Waals surface area contributed by atoms with E-state index in [4.69, 9.17) is 9.84 Å². The van der Waals surface area contributed by atoms with Crippen molar-refractivity contribution in [3.63, 3.8) is 0 Å². The Morgan fingerprint density at radius 2 is 1.85 bits per heavy atom. The number of nitro benzene ring substituents is 1. The largest absolute Gasteiger partial charge is 0.396 e. The third-order valence-corrected chi connectivity index (χ3v) is 3.94. The number of ether oxygens (including phenoxy) is 1. The van der Waals surface area contributed by atoms with Gasteiger partial charge in [-0.1, -0.05) is 12.1 Å². The van der Waals surface area contributed by atoms with Gasteiger partial charge in [0.25, 0.3) is 5.69 Å². The number of rotatable bonds is 6. The first kappa shape index (κ1) is 14.9. The lowest BCUT2D eigenvalue weighted by Crippen LogP contribution is -2.24. The SMILES string of the molecule is O=[N+]([O-])c1ccc(CCOC2CCC(CO)CC2)cc1. The fourth-order valence-corrected chi connectivity index (χ4v) is 2.61. The molecule has 5 heteroatoms. The van der Waals surface area contributed by atoms with Crippen molar-refractivity contribution in [3.05, 3.63) is 39.9 Å². The van der Waals surface area contributed by atoms with Crippen molar-refractivity contribution < 1.29 is 14.8 Å². The molecule has 0 radical (unpaired) electrons. The van der Waals surface area contributed by atoms with Gasteiger partial charge in [0, 0.05) is 18.7 Å². The van der Waals surface area contributed by atoms with Crippen molar-refractivity contribution >= 4 is 5.69 Å². The molecule has 20 heavy (non-hydrogen) atoms. The van der Waals surface area contributed by atoms with E-state index in [1.807, 2.05) is 0 Å². The van der Waals surface area contributed by atoms with Gasteiger partial charge in [-0.3, -0.25) is 10.1 Å². The third kappa shape index (κ3) is 4.28. The first-order valence-corrected chi connectivity index (χ1v) is 7.15. The van der Waals surface area contributed by atoms with Crippen LogP contribution in [0.15, 0.2) is 24.3 Å². The molecule has 5 nitrogen and oxygen atoms in total. The number of benzene rings is 1. The van der Waals surface area contributed by atoms with Crippen LogP contribution in [0.25, 0.3) is 0 Å². The van der Waals surface area contributed by atoms with Gasteiger partial charge in [-0.05, 0) is 43.6 Å². The molecule has 0 aromatic heterocycles. The number of hydrogen-bond acceptors (Lipinski definition) is 4. The number of hydrogen-bond donors (Lipinski definition) is 1. The standard InChI is InChI=1S/C15H21NO4/c17-11-13-3-7-15(8-4-13)20-10-9-12-1-5-14(6-2-12)16(18)19/h1-2,5-6,13,15,17H,3-4,7-11H2. The molecular formula is C15H21NO4. The Balaban J connectivity index is 1.69. The normalized spacial score (nSPS) is 22.6. The Bertz CT molecular complexity index is 424. The maximum atomic E-state index is 10.5. The second-order valence-electron chi connectivity index (χ2n) is 5.37. The molecule has 0 amide bonds. The Morgan fingerprint density at radius 3 is 2.40 bits per heavy atom. The van der Waals surface area contributed by atoms with Gasteiger partial charge in [0.15, 0.2) is 0 Å². The highest BCUT2D eigenvalue weighted by molar-refractivity contribution is 5.32. The number of nitrogens with zero attached hydrogens (tertiary/aromatic N) is 1. The van der Waals surface area contributed by atoms with Crippen LogP contribution in [0.5, 0.6) is 0 Å². The summed E-state index contributed by atoms with van der Waals surface area (Å²) in [7, 11) is 0. The quantitative estimate of drug-likeness (QED) is 0.642. The number of non-ortho nitro benzene ring substituents is 1. The van der Waals surface area contributed by atoms with E-state index in [2.05, 4.69) is 0 Å². The van der Waals surface area contributed by atoms with Gasteiger partial charge in [0.2, 0.25) is 0 Å². The van der Waals surface area contributed by atoms with Gasteiger partial charge < -0.3 is 9.84 Å². The monoisotopic (exact) mass is 279 g/mol. The molecule has 0 heterocycles. The van der Waals surface area contributed by atoms with Crippen LogP contribution in [0.1, 0.15) is 31.2 Å². The maximum Gasteiger partial charge on any atom is 0.269 e. The molecule has 110 valence electrons. The van der Waals surface area contributed by atoms with Gasteiger partial charge in [0.1, 0.15) is 0 Å². The summed E-state index contributed by atoms with van der Waals surface area (Å²) >= 11 is 0. The summed E-state index contributed by atoms with van der Waals surface area (Å²) in [5.74, 6) is 0.449. The summed E-state index contributed by atoms with van der Waals surface area (Å²) in [4.78, 5) is 10.2. The zero-order chi connectivity index (χ0) is 14.4. The van der Waals surface area contributed by atoms with E-state index in [0.717, 1.165) is 37.7 Å². The molecule has 0 aliphatic heterocycles. The van der Waals surface area contributed by atoms with Crippen LogP contribution in [0.2, 0.25) is 0 Å². The molecule has 1 aliphatic carbocycles. The molecule has 1 aromatic rings. The molecule has 2 rings (SSSR count). The highest BCUT2D eigenvalue weighted by atomic mass is 16.6. The number of aliphatic hydroxyl groups excluding tert-OH is 1. The second-order valence-corrected chi connectivity index (χ2v) is 5.37. The second kappa shape index (κ2) is 7.36. The number of aliphatic hydroxyl groups is 1. The van der Waals surface area contributed by atoms with E-state index in [1.165, 1.54) is 12.1 Å². The highest BCUT2D eigenvalue weighted by Gasteiger charge is 2.20. The number of nitro groups is 1. The van der Waals surface area contributed by atoms with Crippen LogP contribution in [0.4, 0.5) is 5.69 Å². The minimum Gasteiger partial charge on any atom is -0.396 e. The molecule has 1 N–H and O–H groups in total. The molecule has 0 unspecified atom stereocenters. The highest BCUT2D eigenvalue weighted by Crippen LogP contribution is 2.25. The van der Waals surface area contributed by atoms with E-state index < -0.39 is 0 Å². The van der Waals surface area contributed by atoms with Crippen molar-refractivity contribution in [2.45, 2.75) is 38.2 Å². The van der Waals surface area contributed by atoms with E-state index in [-0.39, 0.29) is 17.2 Å².